The first kappa shape index (κ1) is 59.9. The number of fused-ring (bicyclic) bond motifs is 4. The van der Waals surface area contributed by atoms with Crippen molar-refractivity contribution in [3.63, 3.8) is 0 Å². The fraction of sp³-hybridized carbons (Fsp3) is 0.0370. The quantitative estimate of drug-likeness (QED) is 0.0702. The maximum Gasteiger partial charge on any atom is 0.198 e. The smallest absolute Gasteiger partial charge is 0.198 e. The maximum absolute atomic E-state index is 17.3. The maximum atomic E-state index is 17.3. The molecule has 0 radical (unpaired) electrons. The summed E-state index contributed by atoms with van der Waals surface area (Å²) in [6.45, 7) is 3.27. The number of quaternary nitrogens is 1. The van der Waals surface area contributed by atoms with Crippen molar-refractivity contribution < 1.29 is 128 Å². The minimum atomic E-state index is -8.05. The Morgan fingerprint density at radius 3 is 0.536 bits per heavy atom. The minimum absolute atomic E-state index is 1.06. The molecule has 1 N–H and O–H groups in total. The average Bonchev–Trinajstić information content (AvgIpc) is 0.689. The Hall–Kier alpha value is -8.70. The average molecular weight is 1220 g/mol. The molecule has 0 unspecified atom stereocenters. The first-order chi connectivity index (χ1) is 39.4. The molecule has 10 rings (SSSR count). The zero-order valence-corrected chi connectivity index (χ0v) is 40.1. The zero-order valence-electron chi connectivity index (χ0n) is 40.1. The van der Waals surface area contributed by atoms with E-state index in [4.69, 9.17) is 0 Å². The van der Waals surface area contributed by atoms with Crippen molar-refractivity contribution in [2.45, 2.75) is 6.92 Å². The lowest BCUT2D eigenvalue weighted by Crippen LogP contribution is -3.01. The molecule has 0 atom stereocenters. The van der Waals surface area contributed by atoms with Crippen LogP contribution in [0.15, 0.2) is 60.7 Å². The van der Waals surface area contributed by atoms with Crippen LogP contribution in [0, 0.1) is 163 Å². The van der Waals surface area contributed by atoms with Crippen LogP contribution in [-0.2, 0) is 0 Å². The molecule has 0 amide bonds. The van der Waals surface area contributed by atoms with Crippen molar-refractivity contribution in [2.75, 3.05) is 6.54 Å². The molecular formula is C54H16BF28N. The molecule has 1 nitrogen and oxygen atoms in total. The van der Waals surface area contributed by atoms with Crippen LogP contribution in [0.4, 0.5) is 134 Å². The Bertz CT molecular complexity index is 3960. The second-order valence-electron chi connectivity index (χ2n) is 17.9. The molecule has 0 fully saturated rings. The van der Waals surface area contributed by atoms with Gasteiger partial charge < -0.3 is 0 Å². The molecule has 436 valence electrons. The molecule has 0 aliphatic carbocycles. The number of halogens is 28. The summed E-state index contributed by atoms with van der Waals surface area (Å²) in [7, 11) is 0. The number of para-hydroxylation sites is 2. The fourth-order valence-corrected chi connectivity index (χ4v) is 10.4. The van der Waals surface area contributed by atoms with Crippen LogP contribution >= 0.6 is 0 Å². The molecule has 0 aliphatic heterocycles. The van der Waals surface area contributed by atoms with Crippen LogP contribution in [0.25, 0.3) is 43.1 Å². The Morgan fingerprint density at radius 1 is 0.214 bits per heavy atom. The summed E-state index contributed by atoms with van der Waals surface area (Å²) in [4.78, 5) is 1.41. The highest BCUT2D eigenvalue weighted by molar-refractivity contribution is 7.23. The summed E-state index contributed by atoms with van der Waals surface area (Å²) in [5.74, 6) is -104. The molecule has 0 bridgehead atoms. The zero-order chi connectivity index (χ0) is 62.1. The van der Waals surface area contributed by atoms with E-state index in [0.717, 1.165) is 6.54 Å². The summed E-state index contributed by atoms with van der Waals surface area (Å²) in [5.41, 5.74) is -12.8. The Labute approximate surface area is 446 Å². The highest BCUT2D eigenvalue weighted by Crippen LogP contribution is 2.42. The van der Waals surface area contributed by atoms with E-state index >= 15 is 105 Å². The van der Waals surface area contributed by atoms with Gasteiger partial charge in [0, 0.05) is 0 Å². The summed E-state index contributed by atoms with van der Waals surface area (Å²) in [6.07, 6.45) is -8.05. The second-order valence-corrected chi connectivity index (χ2v) is 17.9. The minimum Gasteiger partial charge on any atom is -0.270 e. The normalized spacial score (nSPS) is 12.0. The Kier molecular flexibility index (Phi) is 15.1. The Morgan fingerprint density at radius 2 is 0.369 bits per heavy atom. The van der Waals surface area contributed by atoms with Gasteiger partial charge in [0.05, 0.1) is 28.1 Å². The summed E-state index contributed by atoms with van der Waals surface area (Å²) < 4.78 is 446. The number of rotatable bonds is 7. The summed E-state index contributed by atoms with van der Waals surface area (Å²) in [5, 5.41) is -27.0. The van der Waals surface area contributed by atoms with Crippen molar-refractivity contribution in [1.29, 1.82) is 0 Å². The lowest BCUT2D eigenvalue weighted by molar-refractivity contribution is -0.757. The van der Waals surface area contributed by atoms with Gasteiger partial charge in [0.2, 0.25) is 0 Å². The van der Waals surface area contributed by atoms with Gasteiger partial charge in [-0.1, -0.05) is 36.4 Å². The van der Waals surface area contributed by atoms with Crippen LogP contribution in [-0.4, -0.2) is 12.7 Å². The van der Waals surface area contributed by atoms with E-state index in [1.807, 2.05) is 0 Å². The second kappa shape index (κ2) is 21.2. The molecule has 0 aliphatic rings. The predicted octanol–water partition coefficient (Wildman–Crippen LogP) is 14.1. The van der Waals surface area contributed by atoms with Gasteiger partial charge in [-0.3, -0.25) is 4.90 Å². The van der Waals surface area contributed by atoms with E-state index in [-0.39, 0.29) is 0 Å². The predicted molar refractivity (Wildman–Crippen MR) is 243 cm³/mol. The third kappa shape index (κ3) is 8.12. The molecule has 0 aromatic heterocycles. The first-order valence-electron chi connectivity index (χ1n) is 22.8. The Balaban J connectivity index is 0.000000487. The molecule has 30 heteroatoms. The van der Waals surface area contributed by atoms with Gasteiger partial charge in [-0.25, -0.2) is 123 Å². The fourth-order valence-electron chi connectivity index (χ4n) is 10.4. The third-order valence-corrected chi connectivity index (χ3v) is 13.8. The van der Waals surface area contributed by atoms with E-state index in [2.05, 4.69) is 67.6 Å². The standard InChI is InChI=1S/C40BF28.C14H15N/c42-13-1-5(21(50)37(66)33(13)62)17(46)29(58)25(54)9(1)41(10-2-6(18(47)30(59)26(10)55)22(51)38(67)34(63)14(2)43,11-3-7(19(48)31(60)27(11)56)23(52)39(68)35(64)15(3)44)12-4-8(20(49)32(61)28(12)57)24(53)40(69)36(65)16(4)45;1-2-15(13-9-5-3-6-10-13)14-11-7-4-8-12-14/h;3-12H,2H2,1H3/q-1;/p+1. The third-order valence-electron chi connectivity index (χ3n) is 13.8. The molecule has 0 heterocycles. The number of hydrogen-bond donors (Lipinski definition) is 1. The van der Waals surface area contributed by atoms with Gasteiger partial charge >= 0.3 is 0 Å². The van der Waals surface area contributed by atoms with E-state index in [1.165, 1.54) is 16.3 Å². The van der Waals surface area contributed by atoms with Crippen molar-refractivity contribution >= 4 is 82.5 Å². The van der Waals surface area contributed by atoms with Gasteiger partial charge in [0.1, 0.15) is 40.8 Å². The van der Waals surface area contributed by atoms with E-state index < -0.39 is 234 Å². The first-order valence-corrected chi connectivity index (χ1v) is 22.8. The van der Waals surface area contributed by atoms with Crippen molar-refractivity contribution in [2.24, 2.45) is 0 Å². The number of benzene rings is 10. The summed E-state index contributed by atoms with van der Waals surface area (Å²) in [6, 6.07) is 21.2. The van der Waals surface area contributed by atoms with Crippen LogP contribution < -0.4 is 26.8 Å². The largest absolute Gasteiger partial charge is 0.270 e. The monoisotopic (exact) mass is 1220 g/mol. The summed E-state index contributed by atoms with van der Waals surface area (Å²) >= 11 is 0. The molecule has 0 saturated carbocycles. The van der Waals surface area contributed by atoms with Gasteiger partial charge in [-0.2, -0.15) is 0 Å². The topological polar surface area (TPSA) is 4.44 Å². The molecule has 10 aromatic rings. The highest BCUT2D eigenvalue weighted by Gasteiger charge is 2.52. The molecular weight excluding hydrogens is 1210 g/mol. The van der Waals surface area contributed by atoms with E-state index in [0.29, 0.717) is 0 Å². The van der Waals surface area contributed by atoms with Crippen LogP contribution in [0.1, 0.15) is 6.92 Å². The number of hydrogen-bond acceptors (Lipinski definition) is 0. The molecule has 0 saturated heterocycles. The van der Waals surface area contributed by atoms with Gasteiger partial charge in [-0.05, 0) is 52.7 Å². The van der Waals surface area contributed by atoms with Crippen molar-refractivity contribution in [1.82, 2.24) is 0 Å². The van der Waals surface area contributed by atoms with Gasteiger partial charge in [0.25, 0.3) is 0 Å². The number of nitrogens with one attached hydrogen (secondary N) is 1. The van der Waals surface area contributed by atoms with E-state index in [9.17, 15) is 17.6 Å². The van der Waals surface area contributed by atoms with Gasteiger partial charge in [-0.15, -0.1) is 21.9 Å². The van der Waals surface area contributed by atoms with E-state index in [1.54, 1.807) is 0 Å². The highest BCUT2D eigenvalue weighted by atomic mass is 19.2. The van der Waals surface area contributed by atoms with Crippen LogP contribution in [0.5, 0.6) is 0 Å². The van der Waals surface area contributed by atoms with Crippen LogP contribution in [0.3, 0.4) is 0 Å². The molecule has 10 aromatic carbocycles. The SMILES string of the molecule is CC[NH+](c1ccccc1)c1ccccc1.Fc1c(F)c(F)c2c([B-](c3c(F)c(F)c(F)c4c(F)c(F)c(F)c(F)c34)(c3c(F)c(F)c(F)c4c(F)c(F)c(F)c(F)c34)c3c(F)c(F)c(F)c4c(F)c(F)c(F)c(F)c34)c(F)c(F)c(F)c2c1F. The van der Waals surface area contributed by atoms with Crippen molar-refractivity contribution in [3.05, 3.63) is 224 Å². The molecule has 0 spiro atoms. The van der Waals surface area contributed by atoms with Crippen LogP contribution in [0.2, 0.25) is 0 Å². The molecule has 84 heavy (non-hydrogen) atoms. The lowest BCUT2D eigenvalue weighted by Gasteiger charge is -2.47. The van der Waals surface area contributed by atoms with Crippen molar-refractivity contribution in [3.8, 4) is 0 Å². The van der Waals surface area contributed by atoms with Gasteiger partial charge in [0.15, 0.2) is 140 Å². The lowest BCUT2D eigenvalue weighted by atomic mass is 9.11.